The number of likely N-dealkylation sites (N-methyl/N-ethyl adjacent to an activating group) is 1. The molecule has 1 aromatic heterocycles. The number of nitrogens with one attached hydrogen (secondary N) is 1. The molecule has 1 fully saturated rings. The number of aromatic nitrogens is 2. The molecule has 0 bridgehead atoms. The highest BCUT2D eigenvalue weighted by Crippen LogP contribution is 2.31. The maximum atomic E-state index is 4.59. The van der Waals surface area contributed by atoms with E-state index in [9.17, 15) is 0 Å². The number of hydrogen-bond donors (Lipinski definition) is 1. The van der Waals surface area contributed by atoms with Crippen LogP contribution in [0.3, 0.4) is 0 Å². The molecule has 1 aliphatic carbocycles. The highest BCUT2D eigenvalue weighted by Gasteiger charge is 2.33. The third-order valence-electron chi connectivity index (χ3n) is 4.99. The van der Waals surface area contributed by atoms with Crippen LogP contribution < -0.4 is 5.32 Å². The van der Waals surface area contributed by atoms with Gasteiger partial charge >= 0.3 is 0 Å². The Morgan fingerprint density at radius 2 is 1.95 bits per heavy atom. The van der Waals surface area contributed by atoms with Crippen LogP contribution in [0.1, 0.15) is 63.1 Å². The maximum absolute atomic E-state index is 4.59. The van der Waals surface area contributed by atoms with Gasteiger partial charge in [0.2, 0.25) is 0 Å². The summed E-state index contributed by atoms with van der Waals surface area (Å²) in [6.07, 6.45) is 8.92. The van der Waals surface area contributed by atoms with Crippen molar-refractivity contribution in [2.75, 3.05) is 20.6 Å². The average molecular weight is 292 g/mol. The summed E-state index contributed by atoms with van der Waals surface area (Å²) < 4.78 is 1.94. The Hall–Kier alpha value is -0.870. The predicted octanol–water partition coefficient (Wildman–Crippen LogP) is 2.90. The monoisotopic (exact) mass is 292 g/mol. The minimum Gasteiger partial charge on any atom is -0.311 e. The Kier molecular flexibility index (Phi) is 5.44. The summed E-state index contributed by atoms with van der Waals surface area (Å²) in [6.45, 7) is 6.44. The molecule has 1 aliphatic rings. The number of hydrogen-bond acceptors (Lipinski definition) is 3. The van der Waals surface area contributed by atoms with Crippen LogP contribution in [-0.4, -0.2) is 40.9 Å². The van der Waals surface area contributed by atoms with Crippen LogP contribution >= 0.6 is 0 Å². The van der Waals surface area contributed by atoms with Gasteiger partial charge in [0.1, 0.15) is 0 Å². The van der Waals surface area contributed by atoms with Gasteiger partial charge in [-0.15, -0.1) is 0 Å². The fraction of sp³-hybridized carbons (Fsp3) is 0.824. The van der Waals surface area contributed by atoms with Crippen molar-refractivity contribution in [1.29, 1.82) is 0 Å². The molecule has 1 heterocycles. The first-order chi connectivity index (χ1) is 9.94. The van der Waals surface area contributed by atoms with Gasteiger partial charge in [-0.3, -0.25) is 4.68 Å². The van der Waals surface area contributed by atoms with E-state index in [2.05, 4.69) is 49.5 Å². The standard InChI is InChI=1S/C17H32N4/c1-14(2)16-15(12-21(5)19-16)11-18-13-17(20(3)4)9-7-6-8-10-17/h12,14,18H,6-11,13H2,1-5H3. The average Bonchev–Trinajstić information content (AvgIpc) is 2.81. The van der Waals surface area contributed by atoms with Gasteiger partial charge < -0.3 is 10.2 Å². The molecule has 4 heteroatoms. The van der Waals surface area contributed by atoms with E-state index < -0.39 is 0 Å². The van der Waals surface area contributed by atoms with Crippen molar-refractivity contribution in [1.82, 2.24) is 20.0 Å². The van der Waals surface area contributed by atoms with E-state index in [-0.39, 0.29) is 0 Å². The third kappa shape index (κ3) is 3.86. The molecule has 0 unspecified atom stereocenters. The minimum atomic E-state index is 0.346. The first-order valence-electron chi connectivity index (χ1n) is 8.35. The Labute approximate surface area is 129 Å². The fourth-order valence-electron chi connectivity index (χ4n) is 3.60. The van der Waals surface area contributed by atoms with Crippen LogP contribution in [0.15, 0.2) is 6.20 Å². The summed E-state index contributed by atoms with van der Waals surface area (Å²) in [5, 5.41) is 8.30. The van der Waals surface area contributed by atoms with Crippen molar-refractivity contribution in [3.63, 3.8) is 0 Å². The summed E-state index contributed by atoms with van der Waals surface area (Å²) in [4.78, 5) is 2.44. The largest absolute Gasteiger partial charge is 0.311 e. The lowest BCUT2D eigenvalue weighted by molar-refractivity contribution is 0.0983. The molecule has 1 aromatic rings. The lowest BCUT2D eigenvalue weighted by Gasteiger charge is -2.43. The Balaban J connectivity index is 1.96. The number of aryl methyl sites for hydroxylation is 1. The van der Waals surface area contributed by atoms with Crippen LogP contribution in [0, 0.1) is 0 Å². The second-order valence-electron chi connectivity index (χ2n) is 7.15. The molecule has 1 N–H and O–H groups in total. The second-order valence-corrected chi connectivity index (χ2v) is 7.15. The van der Waals surface area contributed by atoms with E-state index in [0.29, 0.717) is 11.5 Å². The van der Waals surface area contributed by atoms with Gasteiger partial charge in [0.05, 0.1) is 5.69 Å². The zero-order valence-corrected chi connectivity index (χ0v) is 14.4. The summed E-state index contributed by atoms with van der Waals surface area (Å²) in [5.74, 6) is 0.487. The highest BCUT2D eigenvalue weighted by atomic mass is 15.3. The topological polar surface area (TPSA) is 33.1 Å². The zero-order valence-electron chi connectivity index (χ0n) is 14.4. The smallest absolute Gasteiger partial charge is 0.0694 e. The second kappa shape index (κ2) is 6.93. The van der Waals surface area contributed by atoms with Gasteiger partial charge in [0.15, 0.2) is 0 Å². The molecule has 21 heavy (non-hydrogen) atoms. The maximum Gasteiger partial charge on any atom is 0.0694 e. The number of nitrogens with zero attached hydrogens (tertiary/aromatic N) is 3. The lowest BCUT2D eigenvalue weighted by Crippen LogP contribution is -2.52. The van der Waals surface area contributed by atoms with Gasteiger partial charge in [-0.05, 0) is 32.9 Å². The van der Waals surface area contributed by atoms with Crippen LogP contribution in [0.5, 0.6) is 0 Å². The predicted molar refractivity (Wildman–Crippen MR) is 88.5 cm³/mol. The molecule has 120 valence electrons. The van der Waals surface area contributed by atoms with Crippen LogP contribution in [0.2, 0.25) is 0 Å². The van der Waals surface area contributed by atoms with Gasteiger partial charge in [-0.1, -0.05) is 33.1 Å². The van der Waals surface area contributed by atoms with E-state index in [4.69, 9.17) is 0 Å². The molecule has 1 saturated carbocycles. The molecular weight excluding hydrogens is 260 g/mol. The van der Waals surface area contributed by atoms with E-state index in [1.54, 1.807) is 0 Å². The third-order valence-corrected chi connectivity index (χ3v) is 4.99. The van der Waals surface area contributed by atoms with Crippen LogP contribution in [-0.2, 0) is 13.6 Å². The summed E-state index contributed by atoms with van der Waals surface area (Å²) in [5.41, 5.74) is 2.92. The van der Waals surface area contributed by atoms with Crippen molar-refractivity contribution >= 4 is 0 Å². The molecule has 0 saturated heterocycles. The van der Waals surface area contributed by atoms with Gasteiger partial charge in [0, 0.05) is 37.4 Å². The quantitative estimate of drug-likeness (QED) is 0.875. The molecule has 0 amide bonds. The van der Waals surface area contributed by atoms with E-state index in [0.717, 1.165) is 13.1 Å². The molecule has 4 nitrogen and oxygen atoms in total. The molecule has 2 rings (SSSR count). The van der Waals surface area contributed by atoms with E-state index >= 15 is 0 Å². The Morgan fingerprint density at radius 3 is 2.52 bits per heavy atom. The van der Waals surface area contributed by atoms with Gasteiger partial charge in [0.25, 0.3) is 0 Å². The lowest BCUT2D eigenvalue weighted by atomic mass is 9.80. The van der Waals surface area contributed by atoms with Crippen molar-refractivity contribution in [2.45, 2.75) is 64.0 Å². The van der Waals surface area contributed by atoms with Crippen molar-refractivity contribution in [3.8, 4) is 0 Å². The first-order valence-corrected chi connectivity index (χ1v) is 8.35. The molecule has 0 spiro atoms. The van der Waals surface area contributed by atoms with Gasteiger partial charge in [-0.2, -0.15) is 5.10 Å². The van der Waals surface area contributed by atoms with Crippen molar-refractivity contribution < 1.29 is 0 Å². The molecule has 0 aliphatic heterocycles. The van der Waals surface area contributed by atoms with E-state index in [1.165, 1.54) is 43.4 Å². The highest BCUT2D eigenvalue weighted by molar-refractivity contribution is 5.20. The Morgan fingerprint density at radius 1 is 1.29 bits per heavy atom. The molecule has 0 radical (unpaired) electrons. The summed E-state index contributed by atoms with van der Waals surface area (Å²) >= 11 is 0. The molecular formula is C17H32N4. The van der Waals surface area contributed by atoms with Crippen molar-refractivity contribution in [3.05, 3.63) is 17.5 Å². The van der Waals surface area contributed by atoms with Crippen LogP contribution in [0.25, 0.3) is 0 Å². The zero-order chi connectivity index (χ0) is 15.5. The first kappa shape index (κ1) is 16.5. The van der Waals surface area contributed by atoms with Crippen molar-refractivity contribution in [2.24, 2.45) is 7.05 Å². The van der Waals surface area contributed by atoms with Crippen LogP contribution in [0.4, 0.5) is 0 Å². The Bertz CT molecular complexity index is 442. The SMILES string of the molecule is CC(C)c1nn(C)cc1CNCC1(N(C)C)CCCCC1. The van der Waals surface area contributed by atoms with Gasteiger partial charge in [-0.25, -0.2) is 0 Å². The fourth-order valence-corrected chi connectivity index (χ4v) is 3.60. The molecule has 0 atom stereocenters. The minimum absolute atomic E-state index is 0.346. The normalized spacial score (nSPS) is 18.6. The molecule has 0 aromatic carbocycles. The summed E-state index contributed by atoms with van der Waals surface area (Å²) in [7, 11) is 6.48. The van der Waals surface area contributed by atoms with E-state index in [1.807, 2.05) is 11.7 Å². The summed E-state index contributed by atoms with van der Waals surface area (Å²) in [6, 6.07) is 0. The number of rotatable bonds is 6.